The van der Waals surface area contributed by atoms with Crippen LogP contribution in [0.2, 0.25) is 0 Å². The molecule has 0 atom stereocenters. The van der Waals surface area contributed by atoms with Crippen molar-refractivity contribution in [3.05, 3.63) is 63.2 Å². The first-order valence-electron chi connectivity index (χ1n) is 9.03. The predicted molar refractivity (Wildman–Crippen MR) is 115 cm³/mol. The lowest BCUT2D eigenvalue weighted by Crippen LogP contribution is -2.26. The highest BCUT2D eigenvalue weighted by Gasteiger charge is 2.34. The number of benzene rings is 1. The maximum atomic E-state index is 12.5. The van der Waals surface area contributed by atoms with E-state index in [2.05, 4.69) is 45.1 Å². The van der Waals surface area contributed by atoms with Crippen LogP contribution in [0.25, 0.3) is 0 Å². The van der Waals surface area contributed by atoms with E-state index < -0.39 is 0 Å². The summed E-state index contributed by atoms with van der Waals surface area (Å²) in [4.78, 5) is 34.1. The number of aromatic nitrogens is 2. The van der Waals surface area contributed by atoms with Crippen molar-refractivity contribution in [1.29, 1.82) is 0 Å². The van der Waals surface area contributed by atoms with Gasteiger partial charge in [0.15, 0.2) is 10.9 Å². The summed E-state index contributed by atoms with van der Waals surface area (Å²) in [6, 6.07) is 10.7. The summed E-state index contributed by atoms with van der Waals surface area (Å²) >= 11 is 4.60. The first-order valence-corrected chi connectivity index (χ1v) is 10.6. The lowest BCUT2D eigenvalue weighted by Gasteiger charge is -2.26. The monoisotopic (exact) mass is 471 g/mol. The molecule has 1 aliphatic carbocycles. The van der Waals surface area contributed by atoms with Crippen LogP contribution in [0.5, 0.6) is 11.6 Å². The summed E-state index contributed by atoms with van der Waals surface area (Å²) in [6.07, 6.45) is 2.68. The molecule has 1 aromatic carbocycles. The molecule has 6 nitrogen and oxygen atoms in total. The molecule has 0 unspecified atom stereocenters. The fraction of sp³-hybridized carbons (Fsp3) is 0.238. The SMILES string of the molecule is CC1(C)CC(=O)c2sc(NC(=O)c3ccc(Oc4ccc(Br)cc4)nc3)nc2C1. The largest absolute Gasteiger partial charge is 0.439 e. The van der Waals surface area contributed by atoms with Crippen LogP contribution in [-0.2, 0) is 6.42 Å². The lowest BCUT2D eigenvalue weighted by molar-refractivity contribution is 0.0915. The van der Waals surface area contributed by atoms with Gasteiger partial charge in [-0.3, -0.25) is 14.9 Å². The summed E-state index contributed by atoms with van der Waals surface area (Å²) in [6.45, 7) is 4.10. The molecule has 0 spiro atoms. The average Bonchev–Trinajstić information content (AvgIpc) is 3.05. The second-order valence-electron chi connectivity index (χ2n) is 7.63. The number of nitrogens with zero attached hydrogens (tertiary/aromatic N) is 2. The molecule has 0 saturated heterocycles. The minimum absolute atomic E-state index is 0.0883. The molecule has 1 aliphatic rings. The van der Waals surface area contributed by atoms with E-state index in [4.69, 9.17) is 4.74 Å². The molecule has 3 aromatic rings. The van der Waals surface area contributed by atoms with Gasteiger partial charge in [-0.1, -0.05) is 41.1 Å². The molecule has 0 bridgehead atoms. The maximum absolute atomic E-state index is 12.5. The molecular weight excluding hydrogens is 454 g/mol. The van der Waals surface area contributed by atoms with Crippen LogP contribution >= 0.6 is 27.3 Å². The maximum Gasteiger partial charge on any atom is 0.259 e. The predicted octanol–water partition coefficient (Wildman–Crippen LogP) is 5.50. The van der Waals surface area contributed by atoms with Gasteiger partial charge in [0.05, 0.1) is 16.1 Å². The molecular formula is C21H18BrN3O3S. The van der Waals surface area contributed by atoms with E-state index in [9.17, 15) is 9.59 Å². The van der Waals surface area contributed by atoms with Crippen LogP contribution in [-0.4, -0.2) is 21.7 Å². The Hall–Kier alpha value is -2.58. The quantitative estimate of drug-likeness (QED) is 0.542. The molecule has 1 N–H and O–H groups in total. The van der Waals surface area contributed by atoms with Crippen LogP contribution in [0.3, 0.4) is 0 Å². The van der Waals surface area contributed by atoms with Gasteiger partial charge in [0.25, 0.3) is 5.91 Å². The van der Waals surface area contributed by atoms with Gasteiger partial charge in [-0.25, -0.2) is 9.97 Å². The second-order valence-corrected chi connectivity index (χ2v) is 9.55. The number of carbonyl (C=O) groups excluding carboxylic acids is 2. The Morgan fingerprint density at radius 2 is 1.93 bits per heavy atom. The van der Waals surface area contributed by atoms with E-state index >= 15 is 0 Å². The fourth-order valence-electron chi connectivity index (χ4n) is 3.14. The number of Topliss-reactive ketones (excluding diaryl/α,β-unsaturated/α-hetero) is 1. The van der Waals surface area contributed by atoms with Crippen molar-refractivity contribution in [3.8, 4) is 11.6 Å². The van der Waals surface area contributed by atoms with Crippen molar-refractivity contribution in [2.45, 2.75) is 26.7 Å². The Bertz CT molecular complexity index is 1080. The smallest absolute Gasteiger partial charge is 0.259 e. The fourth-order valence-corrected chi connectivity index (χ4v) is 4.32. The van der Waals surface area contributed by atoms with Crippen molar-refractivity contribution < 1.29 is 14.3 Å². The highest BCUT2D eigenvalue weighted by Crippen LogP contribution is 2.38. The van der Waals surface area contributed by atoms with Gasteiger partial charge in [-0.15, -0.1) is 0 Å². The number of fused-ring (bicyclic) bond motifs is 1. The van der Waals surface area contributed by atoms with Gasteiger partial charge in [-0.05, 0) is 42.2 Å². The van der Waals surface area contributed by atoms with Crippen molar-refractivity contribution >= 4 is 44.1 Å². The number of thiazole rings is 1. The molecule has 8 heteroatoms. The number of pyridine rings is 1. The molecule has 0 radical (unpaired) electrons. The molecule has 1 amide bonds. The highest BCUT2D eigenvalue weighted by atomic mass is 79.9. The van der Waals surface area contributed by atoms with Gasteiger partial charge in [0.2, 0.25) is 5.88 Å². The number of amides is 1. The number of anilines is 1. The Morgan fingerprint density at radius 3 is 2.62 bits per heavy atom. The summed E-state index contributed by atoms with van der Waals surface area (Å²) < 4.78 is 6.62. The summed E-state index contributed by atoms with van der Waals surface area (Å²) in [5, 5.41) is 3.20. The number of rotatable bonds is 4. The van der Waals surface area contributed by atoms with Crippen molar-refractivity contribution in [1.82, 2.24) is 9.97 Å². The number of hydrogen-bond acceptors (Lipinski definition) is 6. The van der Waals surface area contributed by atoms with E-state index in [1.807, 2.05) is 24.3 Å². The number of ether oxygens (including phenoxy) is 1. The zero-order chi connectivity index (χ0) is 20.6. The minimum Gasteiger partial charge on any atom is -0.439 e. The van der Waals surface area contributed by atoms with Crippen molar-refractivity contribution in [2.24, 2.45) is 5.41 Å². The lowest BCUT2D eigenvalue weighted by atomic mass is 9.78. The summed E-state index contributed by atoms with van der Waals surface area (Å²) in [5.74, 6) is 0.802. The molecule has 29 heavy (non-hydrogen) atoms. The van der Waals surface area contributed by atoms with Gasteiger partial charge in [0.1, 0.15) is 5.75 Å². The molecule has 0 fully saturated rings. The van der Waals surface area contributed by atoms with E-state index in [0.29, 0.717) is 33.6 Å². The second kappa shape index (κ2) is 7.68. The van der Waals surface area contributed by atoms with Crippen LogP contribution in [0, 0.1) is 5.41 Å². The molecule has 148 valence electrons. The third kappa shape index (κ3) is 4.54. The standard InChI is InChI=1S/C21H18BrN3O3S/c1-21(2)9-15-18(16(26)10-21)29-20(24-15)25-19(27)12-3-8-17(23-11-12)28-14-6-4-13(22)5-7-14/h3-8,11H,9-10H2,1-2H3,(H,24,25,27). The van der Waals surface area contributed by atoms with Crippen LogP contribution in [0.15, 0.2) is 47.1 Å². The van der Waals surface area contributed by atoms with Crippen molar-refractivity contribution in [2.75, 3.05) is 5.32 Å². The third-order valence-corrected chi connectivity index (χ3v) is 6.07. The molecule has 0 aliphatic heterocycles. The first kappa shape index (κ1) is 19.7. The summed E-state index contributed by atoms with van der Waals surface area (Å²) in [5.41, 5.74) is 1.05. The van der Waals surface area contributed by atoms with E-state index in [1.54, 1.807) is 12.1 Å². The molecule has 2 heterocycles. The minimum atomic E-state index is -0.328. The van der Waals surface area contributed by atoms with E-state index in [0.717, 1.165) is 16.6 Å². The number of halogens is 1. The molecule has 4 rings (SSSR count). The number of ketones is 1. The van der Waals surface area contributed by atoms with Crippen molar-refractivity contribution in [3.63, 3.8) is 0 Å². The Morgan fingerprint density at radius 1 is 1.17 bits per heavy atom. The van der Waals surface area contributed by atoms with Gasteiger partial charge in [0, 0.05) is 23.2 Å². The summed E-state index contributed by atoms with van der Waals surface area (Å²) in [7, 11) is 0. The molecule has 0 saturated carbocycles. The average molecular weight is 472 g/mol. The van der Waals surface area contributed by atoms with Crippen LogP contribution < -0.4 is 10.1 Å². The zero-order valence-corrected chi connectivity index (χ0v) is 18.3. The number of nitrogens with one attached hydrogen (secondary N) is 1. The Balaban J connectivity index is 1.44. The third-order valence-electron chi connectivity index (χ3n) is 4.49. The Kier molecular flexibility index (Phi) is 5.23. The normalized spacial score (nSPS) is 14.9. The number of carbonyl (C=O) groups is 2. The molecule has 2 aromatic heterocycles. The van der Waals surface area contributed by atoms with E-state index in [1.165, 1.54) is 17.5 Å². The zero-order valence-electron chi connectivity index (χ0n) is 15.9. The highest BCUT2D eigenvalue weighted by molar-refractivity contribution is 9.10. The van der Waals surface area contributed by atoms with Gasteiger partial charge in [-0.2, -0.15) is 0 Å². The van der Waals surface area contributed by atoms with Gasteiger partial charge < -0.3 is 4.74 Å². The van der Waals surface area contributed by atoms with E-state index in [-0.39, 0.29) is 17.1 Å². The Labute approximate surface area is 180 Å². The van der Waals surface area contributed by atoms with Gasteiger partial charge >= 0.3 is 0 Å². The van der Waals surface area contributed by atoms with Crippen LogP contribution in [0.1, 0.15) is 46.0 Å². The van der Waals surface area contributed by atoms with Crippen LogP contribution in [0.4, 0.5) is 5.13 Å². The number of hydrogen-bond donors (Lipinski definition) is 1. The topological polar surface area (TPSA) is 81.2 Å². The first-order chi connectivity index (χ1) is 13.8.